The third-order valence-electron chi connectivity index (χ3n) is 3.95. The molecule has 0 spiro atoms. The Labute approximate surface area is 148 Å². The molecule has 1 N–H and O–H groups in total. The van der Waals surface area contributed by atoms with Crippen molar-refractivity contribution in [2.45, 2.75) is 13.5 Å². The summed E-state index contributed by atoms with van der Waals surface area (Å²) in [5, 5.41) is 12.7. The lowest BCUT2D eigenvalue weighted by Gasteiger charge is -2.03. The molecule has 0 saturated heterocycles. The van der Waals surface area contributed by atoms with Gasteiger partial charge in [0.1, 0.15) is 12.2 Å². The standard InChI is InChI=1S/C18H17N5OS/c1-12-7-8-16(25-12)14-9-10-23(20-14)11-17(24)19-18-13-5-3-4-6-15(13)22(2)21-18/h3-10H,11H2,1-2H3,(H,19,21,24). The summed E-state index contributed by atoms with van der Waals surface area (Å²) in [4.78, 5) is 14.7. The maximum Gasteiger partial charge on any atom is 0.247 e. The summed E-state index contributed by atoms with van der Waals surface area (Å²) in [6.07, 6.45) is 1.82. The Morgan fingerprint density at radius 1 is 1.16 bits per heavy atom. The van der Waals surface area contributed by atoms with Crippen molar-refractivity contribution < 1.29 is 4.79 Å². The van der Waals surface area contributed by atoms with Crippen molar-refractivity contribution in [1.29, 1.82) is 0 Å². The number of carbonyl (C=O) groups excluding carboxylic acids is 1. The number of benzene rings is 1. The fraction of sp³-hybridized carbons (Fsp3) is 0.167. The average Bonchev–Trinajstić information content (AvgIpc) is 3.29. The van der Waals surface area contributed by atoms with Gasteiger partial charge < -0.3 is 5.32 Å². The summed E-state index contributed by atoms with van der Waals surface area (Å²) in [6.45, 7) is 2.21. The van der Waals surface area contributed by atoms with E-state index in [0.29, 0.717) is 5.82 Å². The minimum atomic E-state index is -0.152. The van der Waals surface area contributed by atoms with Gasteiger partial charge in [-0.3, -0.25) is 14.2 Å². The zero-order chi connectivity index (χ0) is 17.4. The van der Waals surface area contributed by atoms with Crippen LogP contribution in [0.5, 0.6) is 0 Å². The Kier molecular flexibility index (Phi) is 3.85. The molecule has 4 rings (SSSR count). The summed E-state index contributed by atoms with van der Waals surface area (Å²) in [5.74, 6) is 0.422. The number of aryl methyl sites for hydroxylation is 2. The molecule has 4 aromatic rings. The van der Waals surface area contributed by atoms with E-state index in [9.17, 15) is 4.79 Å². The molecule has 0 aliphatic heterocycles. The summed E-state index contributed by atoms with van der Waals surface area (Å²) in [5.41, 5.74) is 1.86. The predicted octanol–water partition coefficient (Wildman–Crippen LogP) is 3.45. The number of nitrogens with zero attached hydrogens (tertiary/aromatic N) is 4. The van der Waals surface area contributed by atoms with Gasteiger partial charge in [0.05, 0.1) is 10.4 Å². The third-order valence-corrected chi connectivity index (χ3v) is 4.98. The van der Waals surface area contributed by atoms with Crippen LogP contribution in [-0.2, 0) is 18.4 Å². The molecule has 0 radical (unpaired) electrons. The van der Waals surface area contributed by atoms with E-state index < -0.39 is 0 Å². The van der Waals surface area contributed by atoms with Gasteiger partial charge in [0.25, 0.3) is 0 Å². The second-order valence-corrected chi connectivity index (χ2v) is 7.13. The molecule has 0 saturated carbocycles. The van der Waals surface area contributed by atoms with Crippen LogP contribution in [0.25, 0.3) is 21.5 Å². The number of hydrogen-bond donors (Lipinski definition) is 1. The van der Waals surface area contributed by atoms with Crippen molar-refractivity contribution >= 4 is 34.0 Å². The molecule has 0 unspecified atom stereocenters. The molecule has 0 aliphatic rings. The van der Waals surface area contributed by atoms with Gasteiger partial charge in [-0.05, 0) is 37.3 Å². The minimum absolute atomic E-state index is 0.148. The van der Waals surface area contributed by atoms with Crippen molar-refractivity contribution in [3.63, 3.8) is 0 Å². The quantitative estimate of drug-likeness (QED) is 0.612. The van der Waals surface area contributed by atoms with Gasteiger partial charge in [0.2, 0.25) is 5.91 Å². The van der Waals surface area contributed by atoms with Gasteiger partial charge >= 0.3 is 0 Å². The number of fused-ring (bicyclic) bond motifs is 1. The summed E-state index contributed by atoms with van der Waals surface area (Å²) < 4.78 is 3.40. The average molecular weight is 351 g/mol. The third kappa shape index (κ3) is 3.06. The normalized spacial score (nSPS) is 11.1. The lowest BCUT2D eigenvalue weighted by molar-refractivity contribution is -0.116. The van der Waals surface area contributed by atoms with Crippen LogP contribution in [0.3, 0.4) is 0 Å². The van der Waals surface area contributed by atoms with Crippen LogP contribution in [0, 0.1) is 6.92 Å². The number of rotatable bonds is 4. The molecule has 25 heavy (non-hydrogen) atoms. The summed E-state index contributed by atoms with van der Waals surface area (Å²) >= 11 is 1.69. The van der Waals surface area contributed by atoms with Crippen LogP contribution < -0.4 is 5.32 Å². The van der Waals surface area contributed by atoms with Gasteiger partial charge in [-0.2, -0.15) is 10.2 Å². The molecule has 0 aliphatic carbocycles. The van der Waals surface area contributed by atoms with Crippen molar-refractivity contribution in [3.8, 4) is 10.6 Å². The molecule has 3 heterocycles. The van der Waals surface area contributed by atoms with Crippen LogP contribution in [-0.4, -0.2) is 25.5 Å². The van der Waals surface area contributed by atoms with E-state index in [2.05, 4.69) is 28.5 Å². The van der Waals surface area contributed by atoms with Crippen LogP contribution in [0.1, 0.15) is 4.88 Å². The molecular weight excluding hydrogens is 334 g/mol. The Bertz CT molecular complexity index is 1060. The monoisotopic (exact) mass is 351 g/mol. The summed E-state index contributed by atoms with van der Waals surface area (Å²) in [6, 6.07) is 13.8. The summed E-state index contributed by atoms with van der Waals surface area (Å²) in [7, 11) is 1.86. The van der Waals surface area contributed by atoms with Gasteiger partial charge in [0.15, 0.2) is 5.82 Å². The lowest BCUT2D eigenvalue weighted by Crippen LogP contribution is -2.19. The molecule has 7 heteroatoms. The zero-order valence-electron chi connectivity index (χ0n) is 13.9. The van der Waals surface area contributed by atoms with Gasteiger partial charge in [-0.1, -0.05) is 12.1 Å². The number of nitrogens with one attached hydrogen (secondary N) is 1. The highest BCUT2D eigenvalue weighted by molar-refractivity contribution is 7.15. The van der Waals surface area contributed by atoms with E-state index in [-0.39, 0.29) is 12.5 Å². The molecule has 126 valence electrons. The fourth-order valence-corrected chi connectivity index (χ4v) is 3.61. The first kappa shape index (κ1) is 15.6. The van der Waals surface area contributed by atoms with Crippen LogP contribution in [0.2, 0.25) is 0 Å². The Morgan fingerprint density at radius 3 is 2.80 bits per heavy atom. The highest BCUT2D eigenvalue weighted by Gasteiger charge is 2.12. The Balaban J connectivity index is 1.50. The highest BCUT2D eigenvalue weighted by atomic mass is 32.1. The van der Waals surface area contributed by atoms with Crippen molar-refractivity contribution in [1.82, 2.24) is 19.6 Å². The molecule has 6 nitrogen and oxygen atoms in total. The largest absolute Gasteiger partial charge is 0.307 e. The van der Waals surface area contributed by atoms with Crippen LogP contribution >= 0.6 is 11.3 Å². The van der Waals surface area contributed by atoms with Gasteiger partial charge in [-0.15, -0.1) is 11.3 Å². The second kappa shape index (κ2) is 6.18. The molecule has 0 bridgehead atoms. The first-order valence-electron chi connectivity index (χ1n) is 7.92. The zero-order valence-corrected chi connectivity index (χ0v) is 14.7. The number of anilines is 1. The number of aromatic nitrogens is 4. The van der Waals surface area contributed by atoms with Gasteiger partial charge in [0, 0.05) is 23.5 Å². The first-order chi connectivity index (χ1) is 12.1. The van der Waals surface area contributed by atoms with Crippen molar-refractivity contribution in [3.05, 3.63) is 53.5 Å². The fourth-order valence-electron chi connectivity index (χ4n) is 2.78. The molecular formula is C18H17N5OS. The molecule has 1 aromatic carbocycles. The maximum absolute atomic E-state index is 12.4. The highest BCUT2D eigenvalue weighted by Crippen LogP contribution is 2.26. The molecule has 3 aromatic heterocycles. The Morgan fingerprint density at radius 2 is 2.00 bits per heavy atom. The number of amides is 1. The number of para-hydroxylation sites is 1. The SMILES string of the molecule is Cc1ccc(-c2ccn(CC(=O)Nc3nn(C)c4ccccc34)n2)s1. The minimum Gasteiger partial charge on any atom is -0.307 e. The number of hydrogen-bond acceptors (Lipinski definition) is 4. The maximum atomic E-state index is 12.4. The molecule has 1 amide bonds. The van der Waals surface area contributed by atoms with Crippen molar-refractivity contribution in [2.24, 2.45) is 7.05 Å². The lowest BCUT2D eigenvalue weighted by atomic mass is 10.2. The molecule has 0 atom stereocenters. The van der Waals surface area contributed by atoms with Crippen LogP contribution in [0.15, 0.2) is 48.7 Å². The Hall–Kier alpha value is -2.93. The van der Waals surface area contributed by atoms with Gasteiger partial charge in [-0.25, -0.2) is 0 Å². The smallest absolute Gasteiger partial charge is 0.247 e. The van der Waals surface area contributed by atoms with E-state index in [0.717, 1.165) is 21.5 Å². The molecule has 0 fully saturated rings. The number of thiophene rings is 1. The van der Waals surface area contributed by atoms with Crippen LogP contribution in [0.4, 0.5) is 5.82 Å². The van der Waals surface area contributed by atoms with E-state index >= 15 is 0 Å². The second-order valence-electron chi connectivity index (χ2n) is 5.85. The van der Waals surface area contributed by atoms with E-state index in [4.69, 9.17) is 0 Å². The number of carbonyl (C=O) groups is 1. The van der Waals surface area contributed by atoms with E-state index in [1.54, 1.807) is 20.7 Å². The first-order valence-corrected chi connectivity index (χ1v) is 8.73. The topological polar surface area (TPSA) is 64.7 Å². The van der Waals surface area contributed by atoms with E-state index in [1.807, 2.05) is 49.6 Å². The van der Waals surface area contributed by atoms with E-state index in [1.165, 1.54) is 4.88 Å². The predicted molar refractivity (Wildman–Crippen MR) is 99.6 cm³/mol. The van der Waals surface area contributed by atoms with Crippen molar-refractivity contribution in [2.75, 3.05) is 5.32 Å².